The molecule has 0 heterocycles. The Labute approximate surface area is 88.0 Å². The number of aromatic hydroxyl groups is 1. The van der Waals surface area contributed by atoms with E-state index in [-0.39, 0.29) is 5.75 Å². The van der Waals surface area contributed by atoms with Crippen molar-refractivity contribution in [1.29, 1.82) is 0 Å². The maximum absolute atomic E-state index is 9.20. The molecule has 1 aromatic carbocycles. The molecule has 76 valence electrons. The number of hydrogen-bond donors (Lipinski definition) is 1. The van der Waals surface area contributed by atoms with Crippen molar-refractivity contribution in [3.8, 4) is 5.75 Å². The molecule has 1 aromatic rings. The summed E-state index contributed by atoms with van der Waals surface area (Å²) in [6.07, 6.45) is 0. The first-order valence-corrected chi connectivity index (χ1v) is 4.68. The molecule has 3 nitrogen and oxygen atoms in total. The standard InChI is InChI=1S/C10H12ClNO2/c1-3-14-12-7(2)8-4-5-10(13)9(11)6-8/h4-6,13H,3H2,1-2H3/b12-7-. The van der Waals surface area contributed by atoms with Crippen LogP contribution in [0.15, 0.2) is 23.4 Å². The zero-order chi connectivity index (χ0) is 10.6. The lowest BCUT2D eigenvalue weighted by Crippen LogP contribution is -1.96. The van der Waals surface area contributed by atoms with E-state index < -0.39 is 0 Å². The van der Waals surface area contributed by atoms with Gasteiger partial charge in [-0.15, -0.1) is 0 Å². The smallest absolute Gasteiger partial charge is 0.134 e. The topological polar surface area (TPSA) is 41.8 Å². The van der Waals surface area contributed by atoms with Crippen molar-refractivity contribution in [2.24, 2.45) is 5.16 Å². The van der Waals surface area contributed by atoms with Gasteiger partial charge < -0.3 is 9.94 Å². The number of halogens is 1. The normalized spacial score (nSPS) is 11.5. The number of phenols is 1. The van der Waals surface area contributed by atoms with Crippen LogP contribution in [0.2, 0.25) is 5.02 Å². The second-order valence-electron chi connectivity index (χ2n) is 2.76. The Kier molecular flexibility index (Phi) is 3.77. The minimum atomic E-state index is 0.0691. The Hall–Kier alpha value is -1.22. The van der Waals surface area contributed by atoms with E-state index in [4.69, 9.17) is 16.4 Å². The van der Waals surface area contributed by atoms with Gasteiger partial charge in [-0.2, -0.15) is 0 Å². The fourth-order valence-corrected chi connectivity index (χ4v) is 1.13. The van der Waals surface area contributed by atoms with Crippen LogP contribution in [-0.4, -0.2) is 17.4 Å². The van der Waals surface area contributed by atoms with Gasteiger partial charge in [-0.25, -0.2) is 0 Å². The molecule has 1 N–H and O–H groups in total. The second-order valence-corrected chi connectivity index (χ2v) is 3.17. The molecule has 0 unspecified atom stereocenters. The van der Waals surface area contributed by atoms with E-state index in [1.54, 1.807) is 12.1 Å². The van der Waals surface area contributed by atoms with E-state index in [0.717, 1.165) is 11.3 Å². The summed E-state index contributed by atoms with van der Waals surface area (Å²) in [5, 5.41) is 13.4. The first-order chi connectivity index (χ1) is 6.65. The van der Waals surface area contributed by atoms with E-state index in [2.05, 4.69) is 5.16 Å². The summed E-state index contributed by atoms with van der Waals surface area (Å²) in [5.74, 6) is 0.0691. The van der Waals surface area contributed by atoms with Gasteiger partial charge in [0, 0.05) is 5.56 Å². The predicted octanol–water partition coefficient (Wildman–Crippen LogP) is 2.81. The fraction of sp³-hybridized carbons (Fsp3) is 0.300. The fourth-order valence-electron chi connectivity index (χ4n) is 0.946. The Morgan fingerprint density at radius 3 is 2.86 bits per heavy atom. The molecule has 0 radical (unpaired) electrons. The maximum Gasteiger partial charge on any atom is 0.134 e. The van der Waals surface area contributed by atoms with Crippen molar-refractivity contribution in [2.45, 2.75) is 13.8 Å². The quantitative estimate of drug-likeness (QED) is 0.620. The summed E-state index contributed by atoms with van der Waals surface area (Å²) in [6.45, 7) is 4.21. The molecule has 0 amide bonds. The third-order valence-electron chi connectivity index (χ3n) is 1.70. The molecular formula is C10H12ClNO2. The van der Waals surface area contributed by atoms with Crippen molar-refractivity contribution in [1.82, 2.24) is 0 Å². The van der Waals surface area contributed by atoms with Crippen LogP contribution < -0.4 is 0 Å². The van der Waals surface area contributed by atoms with E-state index in [1.807, 2.05) is 13.8 Å². The zero-order valence-corrected chi connectivity index (χ0v) is 8.88. The van der Waals surface area contributed by atoms with Crippen LogP contribution >= 0.6 is 11.6 Å². The van der Waals surface area contributed by atoms with Crippen LogP contribution in [0.1, 0.15) is 19.4 Å². The summed E-state index contributed by atoms with van der Waals surface area (Å²) in [6, 6.07) is 4.91. The minimum Gasteiger partial charge on any atom is -0.506 e. The van der Waals surface area contributed by atoms with Crippen LogP contribution in [0.3, 0.4) is 0 Å². The molecule has 0 atom stereocenters. The molecule has 0 aromatic heterocycles. The van der Waals surface area contributed by atoms with Crippen molar-refractivity contribution < 1.29 is 9.94 Å². The van der Waals surface area contributed by atoms with Gasteiger partial charge in [0.1, 0.15) is 12.4 Å². The van der Waals surface area contributed by atoms with Gasteiger partial charge in [0.2, 0.25) is 0 Å². The zero-order valence-electron chi connectivity index (χ0n) is 8.12. The van der Waals surface area contributed by atoms with Gasteiger partial charge in [0.15, 0.2) is 0 Å². The predicted molar refractivity (Wildman–Crippen MR) is 57.0 cm³/mol. The van der Waals surface area contributed by atoms with Gasteiger partial charge >= 0.3 is 0 Å². The number of hydrogen-bond acceptors (Lipinski definition) is 3. The van der Waals surface area contributed by atoms with E-state index >= 15 is 0 Å². The van der Waals surface area contributed by atoms with E-state index in [0.29, 0.717) is 11.6 Å². The van der Waals surface area contributed by atoms with Crippen LogP contribution in [0.5, 0.6) is 5.75 Å². The number of phenolic OH excluding ortho intramolecular Hbond substituents is 1. The molecule has 0 saturated heterocycles. The van der Waals surface area contributed by atoms with Gasteiger partial charge in [-0.3, -0.25) is 0 Å². The molecular weight excluding hydrogens is 202 g/mol. The Balaban J connectivity index is 2.91. The first-order valence-electron chi connectivity index (χ1n) is 4.30. The van der Waals surface area contributed by atoms with Crippen molar-refractivity contribution in [2.75, 3.05) is 6.61 Å². The van der Waals surface area contributed by atoms with Crippen LogP contribution in [0.4, 0.5) is 0 Å². The second kappa shape index (κ2) is 4.86. The maximum atomic E-state index is 9.20. The van der Waals surface area contributed by atoms with Gasteiger partial charge in [0.25, 0.3) is 0 Å². The number of nitrogens with zero attached hydrogens (tertiary/aromatic N) is 1. The lowest BCUT2D eigenvalue weighted by molar-refractivity contribution is 0.159. The Morgan fingerprint density at radius 2 is 2.29 bits per heavy atom. The highest BCUT2D eigenvalue weighted by Crippen LogP contribution is 2.23. The highest BCUT2D eigenvalue weighted by atomic mass is 35.5. The number of oxime groups is 1. The number of benzene rings is 1. The molecule has 0 aliphatic heterocycles. The average molecular weight is 214 g/mol. The van der Waals surface area contributed by atoms with Crippen LogP contribution in [0, 0.1) is 0 Å². The summed E-state index contributed by atoms with van der Waals surface area (Å²) >= 11 is 5.75. The van der Waals surface area contributed by atoms with Crippen molar-refractivity contribution >= 4 is 17.3 Å². The monoisotopic (exact) mass is 213 g/mol. The molecule has 0 aliphatic carbocycles. The molecule has 0 bridgehead atoms. The summed E-state index contributed by atoms with van der Waals surface area (Å²) in [5.41, 5.74) is 1.56. The number of rotatable bonds is 3. The molecule has 0 aliphatic rings. The SMILES string of the molecule is CCO/N=C(/C)c1ccc(O)c(Cl)c1. The van der Waals surface area contributed by atoms with Crippen molar-refractivity contribution in [3.63, 3.8) is 0 Å². The Morgan fingerprint density at radius 1 is 1.57 bits per heavy atom. The summed E-state index contributed by atoms with van der Waals surface area (Å²) in [4.78, 5) is 4.90. The van der Waals surface area contributed by atoms with E-state index in [1.165, 1.54) is 6.07 Å². The Bertz CT molecular complexity index is 350. The molecule has 0 fully saturated rings. The minimum absolute atomic E-state index is 0.0691. The molecule has 0 saturated carbocycles. The van der Waals surface area contributed by atoms with Crippen LogP contribution in [-0.2, 0) is 4.84 Å². The lowest BCUT2D eigenvalue weighted by atomic mass is 10.1. The average Bonchev–Trinajstić information content (AvgIpc) is 2.18. The third-order valence-corrected chi connectivity index (χ3v) is 2.00. The lowest BCUT2D eigenvalue weighted by Gasteiger charge is -2.02. The van der Waals surface area contributed by atoms with Crippen LogP contribution in [0.25, 0.3) is 0 Å². The summed E-state index contributed by atoms with van der Waals surface area (Å²) in [7, 11) is 0. The highest BCUT2D eigenvalue weighted by Gasteiger charge is 2.02. The third kappa shape index (κ3) is 2.64. The molecule has 1 rings (SSSR count). The molecule has 14 heavy (non-hydrogen) atoms. The van der Waals surface area contributed by atoms with Gasteiger partial charge in [0.05, 0.1) is 10.7 Å². The largest absolute Gasteiger partial charge is 0.506 e. The van der Waals surface area contributed by atoms with E-state index in [9.17, 15) is 5.11 Å². The molecule has 4 heteroatoms. The van der Waals surface area contributed by atoms with Gasteiger partial charge in [-0.1, -0.05) is 16.8 Å². The molecule has 0 spiro atoms. The van der Waals surface area contributed by atoms with Crippen molar-refractivity contribution in [3.05, 3.63) is 28.8 Å². The van der Waals surface area contributed by atoms with Gasteiger partial charge in [-0.05, 0) is 32.0 Å². The summed E-state index contributed by atoms with van der Waals surface area (Å²) < 4.78 is 0. The first kappa shape index (κ1) is 10.9. The highest BCUT2D eigenvalue weighted by molar-refractivity contribution is 6.32.